The van der Waals surface area contributed by atoms with E-state index in [1.165, 1.54) is 18.0 Å². The molecule has 2 heterocycles. The van der Waals surface area contributed by atoms with Gasteiger partial charge in [-0.1, -0.05) is 18.7 Å². The first-order valence-corrected chi connectivity index (χ1v) is 5.42. The normalized spacial score (nSPS) is 24.1. The smallest absolute Gasteiger partial charge is 0.258 e. The van der Waals surface area contributed by atoms with Crippen molar-refractivity contribution in [3.05, 3.63) is 11.8 Å². The summed E-state index contributed by atoms with van der Waals surface area (Å²) >= 11 is 1.54. The standard InChI is InChI=1S/C8H10N4OS/c1-2-3-14-8-10-6-5(4-9-12-6)7(13)11-8/h4,6H,2-3H2,1H3,(H,10,11,13). The zero-order chi connectivity index (χ0) is 9.97. The van der Waals surface area contributed by atoms with Crippen LogP contribution in [0.4, 0.5) is 0 Å². The van der Waals surface area contributed by atoms with Gasteiger partial charge in [0, 0.05) is 5.75 Å². The molecular weight excluding hydrogens is 200 g/mol. The van der Waals surface area contributed by atoms with Gasteiger partial charge in [0.1, 0.15) is 0 Å². The molecule has 2 aliphatic rings. The van der Waals surface area contributed by atoms with Crippen LogP contribution in [0.5, 0.6) is 0 Å². The molecule has 0 aromatic heterocycles. The second-order valence-electron chi connectivity index (χ2n) is 2.93. The summed E-state index contributed by atoms with van der Waals surface area (Å²) in [7, 11) is 0. The Bertz CT molecular complexity index is 347. The van der Waals surface area contributed by atoms with Crippen LogP contribution in [0.25, 0.3) is 0 Å². The molecule has 0 aliphatic carbocycles. The van der Waals surface area contributed by atoms with Crippen LogP contribution in [0.1, 0.15) is 13.3 Å². The quantitative estimate of drug-likeness (QED) is 0.746. The van der Waals surface area contributed by atoms with Crippen LogP contribution in [0.15, 0.2) is 27.0 Å². The second kappa shape index (κ2) is 3.91. The highest BCUT2D eigenvalue weighted by atomic mass is 32.2. The SMILES string of the molecule is CCCSC1=NC2N=NC=C2C(=O)N1. The summed E-state index contributed by atoms with van der Waals surface area (Å²) in [6, 6.07) is 0. The van der Waals surface area contributed by atoms with E-state index in [0.717, 1.165) is 12.2 Å². The monoisotopic (exact) mass is 210 g/mol. The van der Waals surface area contributed by atoms with Gasteiger partial charge in [0.2, 0.25) is 0 Å². The summed E-state index contributed by atoms with van der Waals surface area (Å²) in [4.78, 5) is 15.7. The molecule has 2 aliphatic heterocycles. The first kappa shape index (κ1) is 9.39. The van der Waals surface area contributed by atoms with Crippen LogP contribution in [-0.4, -0.2) is 23.0 Å². The molecule has 0 fully saturated rings. The van der Waals surface area contributed by atoms with Crippen molar-refractivity contribution in [3.63, 3.8) is 0 Å². The third-order valence-electron chi connectivity index (χ3n) is 1.82. The van der Waals surface area contributed by atoms with Gasteiger partial charge in [-0.25, -0.2) is 4.99 Å². The number of nitrogens with one attached hydrogen (secondary N) is 1. The Hall–Kier alpha value is -1.17. The Morgan fingerprint density at radius 3 is 3.29 bits per heavy atom. The van der Waals surface area contributed by atoms with Crippen LogP contribution >= 0.6 is 11.8 Å². The maximum absolute atomic E-state index is 11.5. The number of aliphatic imine (C=N–C) groups is 1. The predicted molar refractivity (Wildman–Crippen MR) is 55.1 cm³/mol. The summed E-state index contributed by atoms with van der Waals surface area (Å²) in [5.41, 5.74) is 0.533. The van der Waals surface area contributed by atoms with Crippen LogP contribution in [-0.2, 0) is 4.79 Å². The van der Waals surface area contributed by atoms with Crippen molar-refractivity contribution < 1.29 is 4.79 Å². The molecule has 0 aromatic rings. The molecule has 1 N–H and O–H groups in total. The molecule has 0 bridgehead atoms. The Morgan fingerprint density at radius 1 is 1.64 bits per heavy atom. The molecule has 0 radical (unpaired) electrons. The first-order valence-electron chi connectivity index (χ1n) is 4.43. The fourth-order valence-electron chi connectivity index (χ4n) is 1.14. The van der Waals surface area contributed by atoms with Crippen molar-refractivity contribution in [2.45, 2.75) is 19.5 Å². The third kappa shape index (κ3) is 1.70. The van der Waals surface area contributed by atoms with E-state index < -0.39 is 6.17 Å². The maximum atomic E-state index is 11.5. The van der Waals surface area contributed by atoms with Crippen molar-refractivity contribution in [2.75, 3.05) is 5.75 Å². The number of hydrogen-bond acceptors (Lipinski definition) is 5. The number of thioether (sulfide) groups is 1. The highest BCUT2D eigenvalue weighted by Crippen LogP contribution is 2.21. The van der Waals surface area contributed by atoms with Gasteiger partial charge in [-0.05, 0) is 6.42 Å². The number of hydrogen-bond donors (Lipinski definition) is 1. The van der Waals surface area contributed by atoms with Gasteiger partial charge in [-0.15, -0.1) is 0 Å². The van der Waals surface area contributed by atoms with Gasteiger partial charge in [0.15, 0.2) is 11.3 Å². The molecule has 1 unspecified atom stereocenters. The minimum absolute atomic E-state index is 0.131. The average Bonchev–Trinajstić information content (AvgIpc) is 2.63. The van der Waals surface area contributed by atoms with E-state index in [9.17, 15) is 4.79 Å². The third-order valence-corrected chi connectivity index (χ3v) is 2.91. The maximum Gasteiger partial charge on any atom is 0.258 e. The molecule has 0 saturated carbocycles. The zero-order valence-corrected chi connectivity index (χ0v) is 8.54. The molecule has 0 spiro atoms. The van der Waals surface area contributed by atoms with Crippen molar-refractivity contribution >= 4 is 22.8 Å². The largest absolute Gasteiger partial charge is 0.301 e. The fourth-order valence-corrected chi connectivity index (χ4v) is 1.88. The van der Waals surface area contributed by atoms with E-state index in [1.807, 2.05) is 0 Å². The van der Waals surface area contributed by atoms with Gasteiger partial charge < -0.3 is 5.32 Å². The highest BCUT2D eigenvalue weighted by Gasteiger charge is 2.29. The van der Waals surface area contributed by atoms with E-state index >= 15 is 0 Å². The van der Waals surface area contributed by atoms with E-state index in [4.69, 9.17) is 0 Å². The summed E-state index contributed by atoms with van der Waals surface area (Å²) in [5, 5.41) is 10.9. The van der Waals surface area contributed by atoms with Crippen molar-refractivity contribution in [1.82, 2.24) is 5.32 Å². The zero-order valence-electron chi connectivity index (χ0n) is 7.73. The Balaban J connectivity index is 2.11. The Kier molecular flexibility index (Phi) is 2.62. The lowest BCUT2D eigenvalue weighted by Gasteiger charge is -2.16. The number of rotatable bonds is 2. The summed E-state index contributed by atoms with van der Waals surface area (Å²) < 4.78 is 0. The number of nitrogens with zero attached hydrogens (tertiary/aromatic N) is 3. The highest BCUT2D eigenvalue weighted by molar-refractivity contribution is 8.13. The Labute approximate surface area is 85.8 Å². The van der Waals surface area contributed by atoms with Crippen LogP contribution in [0.2, 0.25) is 0 Å². The predicted octanol–water partition coefficient (Wildman–Crippen LogP) is 1.29. The molecule has 1 atom stereocenters. The van der Waals surface area contributed by atoms with Gasteiger partial charge in [0.05, 0.1) is 11.8 Å². The molecule has 2 rings (SSSR count). The molecule has 6 heteroatoms. The molecule has 1 amide bonds. The summed E-state index contributed by atoms with van der Waals surface area (Å²) in [5.74, 6) is 0.816. The lowest BCUT2D eigenvalue weighted by Crippen LogP contribution is -2.37. The van der Waals surface area contributed by atoms with E-state index in [2.05, 4.69) is 27.5 Å². The number of fused-ring (bicyclic) bond motifs is 1. The van der Waals surface area contributed by atoms with Crippen LogP contribution in [0.3, 0.4) is 0 Å². The number of azo groups is 1. The van der Waals surface area contributed by atoms with E-state index in [1.54, 1.807) is 0 Å². The second-order valence-corrected chi connectivity index (χ2v) is 4.01. The average molecular weight is 210 g/mol. The van der Waals surface area contributed by atoms with Gasteiger partial charge in [-0.3, -0.25) is 4.79 Å². The lowest BCUT2D eigenvalue weighted by atomic mass is 10.2. The van der Waals surface area contributed by atoms with E-state index in [-0.39, 0.29) is 5.91 Å². The number of carbonyl (C=O) groups is 1. The number of amides is 1. The van der Waals surface area contributed by atoms with Crippen LogP contribution in [0, 0.1) is 0 Å². The molecule has 14 heavy (non-hydrogen) atoms. The number of amidine groups is 1. The van der Waals surface area contributed by atoms with Crippen LogP contribution < -0.4 is 5.32 Å². The van der Waals surface area contributed by atoms with Gasteiger partial charge in [-0.2, -0.15) is 10.2 Å². The van der Waals surface area contributed by atoms with Gasteiger partial charge >= 0.3 is 0 Å². The fraction of sp³-hybridized carbons (Fsp3) is 0.500. The molecular formula is C8H10N4OS. The van der Waals surface area contributed by atoms with Crippen molar-refractivity contribution in [2.24, 2.45) is 15.2 Å². The minimum Gasteiger partial charge on any atom is -0.301 e. The molecule has 5 nitrogen and oxygen atoms in total. The minimum atomic E-state index is -0.400. The van der Waals surface area contributed by atoms with E-state index in [0.29, 0.717) is 10.7 Å². The molecule has 74 valence electrons. The van der Waals surface area contributed by atoms with Crippen molar-refractivity contribution in [1.29, 1.82) is 0 Å². The van der Waals surface area contributed by atoms with Crippen molar-refractivity contribution in [3.8, 4) is 0 Å². The topological polar surface area (TPSA) is 66.2 Å². The van der Waals surface area contributed by atoms with Gasteiger partial charge in [0.25, 0.3) is 5.91 Å². The number of carbonyl (C=O) groups excluding carboxylic acids is 1. The molecule has 0 aromatic carbocycles. The summed E-state index contributed by atoms with van der Waals surface area (Å²) in [6.07, 6.45) is 2.11. The Morgan fingerprint density at radius 2 is 2.50 bits per heavy atom. The first-order chi connectivity index (χ1) is 6.81. The molecule has 0 saturated heterocycles. The summed E-state index contributed by atoms with van der Waals surface area (Å²) in [6.45, 7) is 2.08. The lowest BCUT2D eigenvalue weighted by molar-refractivity contribution is -0.116.